The van der Waals surface area contributed by atoms with Crippen molar-refractivity contribution in [2.75, 3.05) is 20.2 Å². The highest BCUT2D eigenvalue weighted by atomic mass is 35.5. The standard InChI is InChI=1S/C15H24ClNO/c1-4-15(5-2,12-18)11-17(3)10-13-6-8-14(16)9-7-13/h6-9,18H,4-5,10-12H2,1-3H3. The minimum absolute atomic E-state index is 0.0289. The van der Waals surface area contributed by atoms with Gasteiger partial charge in [0.2, 0.25) is 0 Å². The lowest BCUT2D eigenvalue weighted by atomic mass is 9.83. The molecule has 1 N–H and O–H groups in total. The summed E-state index contributed by atoms with van der Waals surface area (Å²) in [5, 5.41) is 10.4. The summed E-state index contributed by atoms with van der Waals surface area (Å²) in [6, 6.07) is 7.95. The van der Waals surface area contributed by atoms with Crippen LogP contribution in [0.2, 0.25) is 5.02 Å². The lowest BCUT2D eigenvalue weighted by Crippen LogP contribution is -2.37. The maximum absolute atomic E-state index is 9.58. The summed E-state index contributed by atoms with van der Waals surface area (Å²) in [4.78, 5) is 2.27. The minimum Gasteiger partial charge on any atom is -0.396 e. The summed E-state index contributed by atoms with van der Waals surface area (Å²) in [5.41, 5.74) is 1.28. The average molecular weight is 270 g/mol. The second-order valence-electron chi connectivity index (χ2n) is 5.16. The van der Waals surface area contributed by atoms with Crippen molar-refractivity contribution in [2.24, 2.45) is 5.41 Å². The third-order valence-electron chi connectivity index (χ3n) is 3.81. The Morgan fingerprint density at radius 2 is 1.72 bits per heavy atom. The summed E-state index contributed by atoms with van der Waals surface area (Å²) in [6.45, 7) is 6.36. The highest BCUT2D eigenvalue weighted by Crippen LogP contribution is 2.27. The Morgan fingerprint density at radius 1 is 1.17 bits per heavy atom. The van der Waals surface area contributed by atoms with Crippen molar-refractivity contribution in [1.29, 1.82) is 0 Å². The lowest BCUT2D eigenvalue weighted by molar-refractivity contribution is 0.0731. The molecule has 102 valence electrons. The normalized spacial score (nSPS) is 12.1. The molecule has 1 rings (SSSR count). The SMILES string of the molecule is CCC(CC)(CO)CN(C)Cc1ccc(Cl)cc1. The molecular formula is C15H24ClNO. The Labute approximate surface area is 116 Å². The van der Waals surface area contributed by atoms with Crippen LogP contribution in [-0.2, 0) is 6.54 Å². The van der Waals surface area contributed by atoms with E-state index in [0.29, 0.717) is 0 Å². The van der Waals surface area contributed by atoms with Gasteiger partial charge in [0.15, 0.2) is 0 Å². The van der Waals surface area contributed by atoms with Crippen LogP contribution in [0.1, 0.15) is 32.3 Å². The summed E-state index contributed by atoms with van der Waals surface area (Å²) in [7, 11) is 2.10. The first-order valence-electron chi connectivity index (χ1n) is 6.59. The van der Waals surface area contributed by atoms with Crippen molar-refractivity contribution in [3.63, 3.8) is 0 Å². The second-order valence-corrected chi connectivity index (χ2v) is 5.60. The van der Waals surface area contributed by atoms with E-state index in [1.165, 1.54) is 5.56 Å². The number of halogens is 1. The highest BCUT2D eigenvalue weighted by molar-refractivity contribution is 6.30. The first-order chi connectivity index (χ1) is 8.55. The van der Waals surface area contributed by atoms with Crippen LogP contribution in [0.5, 0.6) is 0 Å². The van der Waals surface area contributed by atoms with Gasteiger partial charge in [-0.05, 0) is 37.6 Å². The van der Waals surface area contributed by atoms with Crippen LogP contribution in [0.15, 0.2) is 24.3 Å². The van der Waals surface area contributed by atoms with E-state index >= 15 is 0 Å². The molecule has 0 saturated heterocycles. The summed E-state index contributed by atoms with van der Waals surface area (Å²) in [5.74, 6) is 0. The van der Waals surface area contributed by atoms with Crippen molar-refractivity contribution >= 4 is 11.6 Å². The van der Waals surface area contributed by atoms with Crippen molar-refractivity contribution in [2.45, 2.75) is 33.2 Å². The zero-order valence-electron chi connectivity index (χ0n) is 11.6. The van der Waals surface area contributed by atoms with E-state index in [-0.39, 0.29) is 12.0 Å². The molecule has 0 fully saturated rings. The molecule has 0 heterocycles. The van der Waals surface area contributed by atoms with Gasteiger partial charge in [0.1, 0.15) is 0 Å². The number of benzene rings is 1. The van der Waals surface area contributed by atoms with E-state index in [9.17, 15) is 5.11 Å². The number of aliphatic hydroxyl groups is 1. The maximum atomic E-state index is 9.58. The first kappa shape index (κ1) is 15.5. The molecule has 0 aliphatic carbocycles. The van der Waals surface area contributed by atoms with Crippen LogP contribution in [0.25, 0.3) is 0 Å². The molecule has 0 aliphatic rings. The van der Waals surface area contributed by atoms with Crippen LogP contribution in [-0.4, -0.2) is 30.2 Å². The van der Waals surface area contributed by atoms with Gasteiger partial charge < -0.3 is 10.0 Å². The van der Waals surface area contributed by atoms with Crippen molar-refractivity contribution in [3.05, 3.63) is 34.9 Å². The Hall–Kier alpha value is -0.570. The zero-order valence-corrected chi connectivity index (χ0v) is 12.4. The topological polar surface area (TPSA) is 23.5 Å². The summed E-state index contributed by atoms with van der Waals surface area (Å²) in [6.07, 6.45) is 2.01. The van der Waals surface area contributed by atoms with Crippen LogP contribution in [0.3, 0.4) is 0 Å². The van der Waals surface area contributed by atoms with E-state index in [1.54, 1.807) is 0 Å². The Morgan fingerprint density at radius 3 is 2.17 bits per heavy atom. The van der Waals surface area contributed by atoms with Gasteiger partial charge in [-0.15, -0.1) is 0 Å². The summed E-state index contributed by atoms with van der Waals surface area (Å²) < 4.78 is 0. The molecule has 0 aromatic heterocycles. The molecule has 0 unspecified atom stereocenters. The maximum Gasteiger partial charge on any atom is 0.0499 e. The fourth-order valence-corrected chi connectivity index (χ4v) is 2.40. The molecule has 0 bridgehead atoms. The van der Waals surface area contributed by atoms with Crippen LogP contribution >= 0.6 is 11.6 Å². The van der Waals surface area contributed by atoms with Gasteiger partial charge in [-0.1, -0.05) is 37.6 Å². The molecule has 1 aromatic rings. The van der Waals surface area contributed by atoms with E-state index in [1.807, 2.05) is 12.1 Å². The van der Waals surface area contributed by atoms with E-state index in [4.69, 9.17) is 11.6 Å². The van der Waals surface area contributed by atoms with Gasteiger partial charge in [-0.3, -0.25) is 0 Å². The van der Waals surface area contributed by atoms with E-state index in [2.05, 4.69) is 37.9 Å². The molecule has 0 atom stereocenters. The molecule has 2 nitrogen and oxygen atoms in total. The van der Waals surface area contributed by atoms with Gasteiger partial charge >= 0.3 is 0 Å². The molecule has 0 aliphatic heterocycles. The fourth-order valence-electron chi connectivity index (χ4n) is 2.28. The van der Waals surface area contributed by atoms with Crippen LogP contribution in [0, 0.1) is 5.41 Å². The molecule has 0 spiro atoms. The van der Waals surface area contributed by atoms with Gasteiger partial charge in [0.05, 0.1) is 0 Å². The van der Waals surface area contributed by atoms with Crippen LogP contribution < -0.4 is 0 Å². The largest absolute Gasteiger partial charge is 0.396 e. The Kier molecular flexibility index (Phi) is 6.13. The number of nitrogens with zero attached hydrogens (tertiary/aromatic N) is 1. The molecule has 0 radical (unpaired) electrons. The van der Waals surface area contributed by atoms with E-state index in [0.717, 1.165) is 31.0 Å². The zero-order chi connectivity index (χ0) is 13.6. The Bertz CT molecular complexity index is 338. The second kappa shape index (κ2) is 7.13. The average Bonchev–Trinajstić information content (AvgIpc) is 2.39. The molecule has 18 heavy (non-hydrogen) atoms. The number of hydrogen-bond acceptors (Lipinski definition) is 2. The minimum atomic E-state index is 0.0289. The van der Waals surface area contributed by atoms with Crippen molar-refractivity contribution < 1.29 is 5.11 Å². The van der Waals surface area contributed by atoms with Crippen molar-refractivity contribution in [3.8, 4) is 0 Å². The number of rotatable bonds is 7. The Balaban J connectivity index is 2.60. The highest BCUT2D eigenvalue weighted by Gasteiger charge is 2.26. The van der Waals surface area contributed by atoms with Crippen molar-refractivity contribution in [1.82, 2.24) is 4.90 Å². The number of hydrogen-bond donors (Lipinski definition) is 1. The molecule has 0 amide bonds. The van der Waals surface area contributed by atoms with Gasteiger partial charge in [-0.2, -0.15) is 0 Å². The van der Waals surface area contributed by atoms with Gasteiger partial charge in [-0.25, -0.2) is 0 Å². The fraction of sp³-hybridized carbons (Fsp3) is 0.600. The van der Waals surface area contributed by atoms with Gasteiger partial charge in [0, 0.05) is 30.1 Å². The number of aliphatic hydroxyl groups excluding tert-OH is 1. The smallest absolute Gasteiger partial charge is 0.0499 e. The molecule has 3 heteroatoms. The first-order valence-corrected chi connectivity index (χ1v) is 6.97. The molecule has 1 aromatic carbocycles. The third-order valence-corrected chi connectivity index (χ3v) is 4.06. The predicted octanol–water partition coefficient (Wildman–Crippen LogP) is 3.57. The van der Waals surface area contributed by atoms with E-state index < -0.39 is 0 Å². The van der Waals surface area contributed by atoms with Crippen LogP contribution in [0.4, 0.5) is 0 Å². The van der Waals surface area contributed by atoms with Gasteiger partial charge in [0.25, 0.3) is 0 Å². The summed E-state index contributed by atoms with van der Waals surface area (Å²) >= 11 is 5.88. The molecule has 0 saturated carbocycles. The quantitative estimate of drug-likeness (QED) is 0.818. The lowest BCUT2D eigenvalue weighted by Gasteiger charge is -2.34. The molecular weight excluding hydrogens is 246 g/mol. The third kappa shape index (κ3) is 4.27. The predicted molar refractivity (Wildman–Crippen MR) is 77.9 cm³/mol. The monoisotopic (exact) mass is 269 g/mol.